The van der Waals surface area contributed by atoms with E-state index in [1.54, 1.807) is 0 Å². The molecule has 0 saturated carbocycles. The Kier molecular flexibility index (Phi) is 10.8. The molecule has 0 saturated heterocycles. The Labute approximate surface area is 202 Å². The fourth-order valence-electron chi connectivity index (χ4n) is 3.57. The van der Waals surface area contributed by atoms with Crippen molar-refractivity contribution in [3.63, 3.8) is 0 Å². The number of anilines is 1. The van der Waals surface area contributed by atoms with Crippen LogP contribution in [0.1, 0.15) is 49.8 Å². The number of carbonyl (C=O) groups is 1. The number of carbonyl (C=O) groups excluding carboxylic acids is 1. The topological polar surface area (TPSA) is 74.8 Å². The number of para-hydroxylation sites is 1. The van der Waals surface area contributed by atoms with E-state index in [1.807, 2.05) is 43.3 Å². The molecule has 1 amide bonds. The second-order valence-electron chi connectivity index (χ2n) is 7.46. The molecule has 1 heterocycles. The van der Waals surface area contributed by atoms with E-state index in [0.29, 0.717) is 19.6 Å². The van der Waals surface area contributed by atoms with Gasteiger partial charge in [-0.05, 0) is 37.5 Å². The average molecular weight is 536 g/mol. The summed E-state index contributed by atoms with van der Waals surface area (Å²) in [6.45, 7) is 6.93. The van der Waals surface area contributed by atoms with Crippen LogP contribution in [-0.4, -0.2) is 38.1 Å². The largest absolute Gasteiger partial charge is 0.374 e. The quantitative estimate of drug-likeness (QED) is 0.192. The highest BCUT2D eigenvalue weighted by molar-refractivity contribution is 14.0. The number of amides is 1. The molecule has 2 aromatic carbocycles. The number of hydrogen-bond acceptors (Lipinski definition) is 3. The minimum absolute atomic E-state index is 0. The maximum absolute atomic E-state index is 12.0. The second kappa shape index (κ2) is 13.3. The summed E-state index contributed by atoms with van der Waals surface area (Å²) in [5, 5.41) is 9.59. The van der Waals surface area contributed by atoms with Crippen LogP contribution in [0.15, 0.2) is 59.6 Å². The van der Waals surface area contributed by atoms with Crippen molar-refractivity contribution < 1.29 is 9.53 Å². The zero-order valence-electron chi connectivity index (χ0n) is 18.3. The molecule has 0 radical (unpaired) electrons. The van der Waals surface area contributed by atoms with Gasteiger partial charge in [-0.2, -0.15) is 0 Å². The van der Waals surface area contributed by atoms with Gasteiger partial charge in [0.1, 0.15) is 0 Å². The van der Waals surface area contributed by atoms with Crippen molar-refractivity contribution in [3.05, 3.63) is 65.7 Å². The van der Waals surface area contributed by atoms with Crippen LogP contribution in [0.4, 0.5) is 5.69 Å². The highest BCUT2D eigenvalue weighted by Gasteiger charge is 2.24. The van der Waals surface area contributed by atoms with Crippen molar-refractivity contribution in [1.82, 2.24) is 10.6 Å². The molecule has 3 N–H and O–H groups in total. The van der Waals surface area contributed by atoms with Crippen molar-refractivity contribution >= 4 is 41.5 Å². The molecular weight excluding hydrogens is 503 g/mol. The van der Waals surface area contributed by atoms with Gasteiger partial charge in [-0.25, -0.2) is 0 Å². The third-order valence-electron chi connectivity index (χ3n) is 5.17. The number of benzene rings is 2. The van der Waals surface area contributed by atoms with Crippen LogP contribution in [0.2, 0.25) is 0 Å². The summed E-state index contributed by atoms with van der Waals surface area (Å²) in [6.07, 6.45) is 1.44. The lowest BCUT2D eigenvalue weighted by Gasteiger charge is -2.24. The molecule has 3 rings (SSSR count). The van der Waals surface area contributed by atoms with Gasteiger partial charge in [0.05, 0.1) is 12.6 Å². The van der Waals surface area contributed by atoms with Crippen molar-refractivity contribution in [2.75, 3.05) is 31.6 Å². The Balaban J connectivity index is 0.00000341. The van der Waals surface area contributed by atoms with Gasteiger partial charge in [0, 0.05) is 37.7 Å². The molecule has 0 aromatic heterocycles. The van der Waals surface area contributed by atoms with Crippen LogP contribution in [0, 0.1) is 0 Å². The molecule has 0 spiro atoms. The lowest BCUT2D eigenvalue weighted by atomic mass is 9.91. The van der Waals surface area contributed by atoms with Gasteiger partial charge in [-0.15, -0.1) is 24.0 Å². The SMILES string of the molecule is CCNC(=NCC1CC(=O)Nc2ccccc21)NCCCOC(C)c1ccccc1.I. The molecule has 6 nitrogen and oxygen atoms in total. The third-order valence-corrected chi connectivity index (χ3v) is 5.17. The summed E-state index contributed by atoms with van der Waals surface area (Å²) in [5.74, 6) is 0.925. The Bertz CT molecular complexity index is 844. The number of halogens is 1. The number of nitrogens with one attached hydrogen (secondary N) is 3. The van der Waals surface area contributed by atoms with E-state index in [9.17, 15) is 4.79 Å². The predicted molar refractivity (Wildman–Crippen MR) is 137 cm³/mol. The minimum atomic E-state index is 0. The van der Waals surface area contributed by atoms with Gasteiger partial charge in [-0.3, -0.25) is 9.79 Å². The summed E-state index contributed by atoms with van der Waals surface area (Å²) in [6, 6.07) is 18.2. The molecule has 0 aliphatic carbocycles. The third kappa shape index (κ3) is 7.81. The highest BCUT2D eigenvalue weighted by Crippen LogP contribution is 2.31. The van der Waals surface area contributed by atoms with Gasteiger partial charge >= 0.3 is 0 Å². The smallest absolute Gasteiger partial charge is 0.225 e. The van der Waals surface area contributed by atoms with Gasteiger partial charge in [0.2, 0.25) is 5.91 Å². The maximum atomic E-state index is 12.0. The number of hydrogen-bond donors (Lipinski definition) is 3. The number of ether oxygens (including phenoxy) is 1. The van der Waals surface area contributed by atoms with E-state index in [2.05, 4.69) is 41.1 Å². The molecule has 2 atom stereocenters. The zero-order chi connectivity index (χ0) is 21.2. The van der Waals surface area contributed by atoms with Crippen LogP contribution in [0.5, 0.6) is 0 Å². The zero-order valence-corrected chi connectivity index (χ0v) is 20.6. The van der Waals surface area contributed by atoms with Crippen LogP contribution in [0.25, 0.3) is 0 Å². The number of fused-ring (bicyclic) bond motifs is 1. The predicted octanol–water partition coefficient (Wildman–Crippen LogP) is 4.45. The Morgan fingerprint density at radius 2 is 1.90 bits per heavy atom. The molecule has 0 bridgehead atoms. The molecule has 31 heavy (non-hydrogen) atoms. The molecule has 7 heteroatoms. The van der Waals surface area contributed by atoms with Crippen molar-refractivity contribution in [3.8, 4) is 0 Å². The molecule has 2 aromatic rings. The first-order valence-electron chi connectivity index (χ1n) is 10.7. The van der Waals surface area contributed by atoms with Crippen molar-refractivity contribution in [2.24, 2.45) is 4.99 Å². The molecule has 0 fully saturated rings. The molecule has 168 valence electrons. The number of aliphatic imine (C=N–C) groups is 1. The summed E-state index contributed by atoms with van der Waals surface area (Å²) in [4.78, 5) is 16.7. The Morgan fingerprint density at radius 1 is 1.16 bits per heavy atom. The molecule has 2 unspecified atom stereocenters. The van der Waals surface area contributed by atoms with Crippen LogP contribution < -0.4 is 16.0 Å². The van der Waals surface area contributed by atoms with Crippen LogP contribution in [-0.2, 0) is 9.53 Å². The summed E-state index contributed by atoms with van der Waals surface area (Å²) >= 11 is 0. The lowest BCUT2D eigenvalue weighted by Crippen LogP contribution is -2.38. The van der Waals surface area contributed by atoms with Gasteiger partial charge < -0.3 is 20.7 Å². The van der Waals surface area contributed by atoms with Crippen molar-refractivity contribution in [1.29, 1.82) is 0 Å². The van der Waals surface area contributed by atoms with E-state index in [0.717, 1.165) is 36.7 Å². The molecular formula is C24H33IN4O2. The first-order valence-corrected chi connectivity index (χ1v) is 10.7. The van der Waals surface area contributed by atoms with Crippen molar-refractivity contribution in [2.45, 2.75) is 38.7 Å². The van der Waals surface area contributed by atoms with E-state index >= 15 is 0 Å². The Hall–Kier alpha value is -2.13. The molecule has 1 aliphatic rings. The second-order valence-corrected chi connectivity index (χ2v) is 7.46. The lowest BCUT2D eigenvalue weighted by molar-refractivity contribution is -0.116. The average Bonchev–Trinajstić information content (AvgIpc) is 2.77. The fraction of sp³-hybridized carbons (Fsp3) is 0.417. The normalized spacial score (nSPS) is 16.5. The summed E-state index contributed by atoms with van der Waals surface area (Å²) < 4.78 is 5.93. The fourth-order valence-corrected chi connectivity index (χ4v) is 3.57. The van der Waals surface area contributed by atoms with Gasteiger partial charge in [-0.1, -0.05) is 48.5 Å². The van der Waals surface area contributed by atoms with E-state index in [-0.39, 0.29) is 41.9 Å². The van der Waals surface area contributed by atoms with Gasteiger partial charge in [0.25, 0.3) is 0 Å². The van der Waals surface area contributed by atoms with Crippen LogP contribution in [0.3, 0.4) is 0 Å². The number of guanidine groups is 1. The summed E-state index contributed by atoms with van der Waals surface area (Å²) in [5.41, 5.74) is 3.24. The molecule has 1 aliphatic heterocycles. The highest BCUT2D eigenvalue weighted by atomic mass is 127. The number of rotatable bonds is 9. The summed E-state index contributed by atoms with van der Waals surface area (Å²) in [7, 11) is 0. The first-order chi connectivity index (χ1) is 14.7. The first kappa shape index (κ1) is 25.1. The number of nitrogens with zero attached hydrogens (tertiary/aromatic N) is 1. The van der Waals surface area contributed by atoms with E-state index < -0.39 is 0 Å². The standard InChI is InChI=1S/C24H32N4O2.HI/c1-3-25-24(26-14-9-15-30-18(2)19-10-5-4-6-11-19)27-17-20-16-23(29)28-22-13-8-7-12-21(20)22;/h4-8,10-13,18,20H,3,9,14-17H2,1-2H3,(H,28,29)(H2,25,26,27);1H. The van der Waals surface area contributed by atoms with Gasteiger partial charge in [0.15, 0.2) is 5.96 Å². The monoisotopic (exact) mass is 536 g/mol. The van der Waals surface area contributed by atoms with E-state index in [1.165, 1.54) is 5.56 Å². The maximum Gasteiger partial charge on any atom is 0.225 e. The van der Waals surface area contributed by atoms with Crippen LogP contribution >= 0.6 is 24.0 Å². The minimum Gasteiger partial charge on any atom is -0.374 e. The Morgan fingerprint density at radius 3 is 2.68 bits per heavy atom. The van der Waals surface area contributed by atoms with E-state index in [4.69, 9.17) is 9.73 Å².